The molecule has 0 aliphatic heterocycles. The molecule has 0 aromatic carbocycles. The number of amides is 1. The van der Waals surface area contributed by atoms with E-state index in [1.807, 2.05) is 0 Å². The molecule has 2 atom stereocenters. The number of nitrogens with one attached hydrogen (secondary N) is 1. The summed E-state index contributed by atoms with van der Waals surface area (Å²) >= 11 is 0. The standard InChI is InChI=1S/C15H29N3O/c1-4-9-18(11(2)3)13-7-8-15(10-13,14(16)19)17-12-5-6-12/h11-13,17H,4-10H2,1-3H3,(H2,16,19). The molecule has 0 aromatic rings. The van der Waals surface area contributed by atoms with Crippen molar-refractivity contribution in [2.75, 3.05) is 6.54 Å². The lowest BCUT2D eigenvalue weighted by Crippen LogP contribution is -2.55. The Hall–Kier alpha value is -0.610. The maximum atomic E-state index is 11.9. The van der Waals surface area contributed by atoms with Crippen LogP contribution in [0.3, 0.4) is 0 Å². The molecule has 0 spiro atoms. The second-order valence-corrected chi connectivity index (χ2v) is 6.59. The molecule has 0 radical (unpaired) electrons. The summed E-state index contributed by atoms with van der Waals surface area (Å²) in [6, 6.07) is 1.57. The minimum Gasteiger partial charge on any atom is -0.368 e. The van der Waals surface area contributed by atoms with Crippen molar-refractivity contribution in [1.29, 1.82) is 0 Å². The topological polar surface area (TPSA) is 58.4 Å². The van der Waals surface area contributed by atoms with Gasteiger partial charge < -0.3 is 11.1 Å². The van der Waals surface area contributed by atoms with Gasteiger partial charge in [0.25, 0.3) is 0 Å². The van der Waals surface area contributed by atoms with Crippen LogP contribution in [0.2, 0.25) is 0 Å². The first-order chi connectivity index (χ1) is 8.98. The smallest absolute Gasteiger partial charge is 0.237 e. The fourth-order valence-electron chi connectivity index (χ4n) is 3.47. The van der Waals surface area contributed by atoms with Gasteiger partial charge in [-0.2, -0.15) is 0 Å². The average Bonchev–Trinajstić information content (AvgIpc) is 3.04. The van der Waals surface area contributed by atoms with Gasteiger partial charge in [-0.3, -0.25) is 9.69 Å². The Kier molecular flexibility index (Phi) is 4.51. The van der Waals surface area contributed by atoms with Crippen molar-refractivity contribution in [3.8, 4) is 0 Å². The summed E-state index contributed by atoms with van der Waals surface area (Å²) < 4.78 is 0. The zero-order valence-corrected chi connectivity index (χ0v) is 12.6. The summed E-state index contributed by atoms with van der Waals surface area (Å²) in [5, 5.41) is 3.53. The molecule has 19 heavy (non-hydrogen) atoms. The van der Waals surface area contributed by atoms with Crippen molar-refractivity contribution in [2.24, 2.45) is 5.73 Å². The zero-order chi connectivity index (χ0) is 14.0. The summed E-state index contributed by atoms with van der Waals surface area (Å²) in [5.41, 5.74) is 5.26. The van der Waals surface area contributed by atoms with Crippen LogP contribution in [-0.4, -0.2) is 41.0 Å². The van der Waals surface area contributed by atoms with Crippen molar-refractivity contribution in [3.05, 3.63) is 0 Å². The Balaban J connectivity index is 2.04. The highest BCUT2D eigenvalue weighted by molar-refractivity contribution is 5.85. The van der Waals surface area contributed by atoms with Gasteiger partial charge in [0, 0.05) is 18.1 Å². The van der Waals surface area contributed by atoms with E-state index in [4.69, 9.17) is 5.73 Å². The van der Waals surface area contributed by atoms with Gasteiger partial charge in [0.15, 0.2) is 0 Å². The van der Waals surface area contributed by atoms with Crippen LogP contribution in [0.1, 0.15) is 59.3 Å². The molecule has 4 nitrogen and oxygen atoms in total. The number of hydrogen-bond donors (Lipinski definition) is 2. The molecule has 3 N–H and O–H groups in total. The van der Waals surface area contributed by atoms with Crippen LogP contribution >= 0.6 is 0 Å². The lowest BCUT2D eigenvalue weighted by atomic mass is 9.95. The van der Waals surface area contributed by atoms with Gasteiger partial charge >= 0.3 is 0 Å². The molecule has 2 unspecified atom stereocenters. The van der Waals surface area contributed by atoms with Gasteiger partial charge in [0.05, 0.1) is 5.54 Å². The molecule has 0 aromatic heterocycles. The maximum absolute atomic E-state index is 11.9. The first kappa shape index (κ1) is 14.8. The van der Waals surface area contributed by atoms with E-state index in [2.05, 4.69) is 31.0 Å². The number of nitrogens with zero attached hydrogens (tertiary/aromatic N) is 1. The number of carbonyl (C=O) groups is 1. The first-order valence-corrected chi connectivity index (χ1v) is 7.82. The van der Waals surface area contributed by atoms with E-state index >= 15 is 0 Å². The fourth-order valence-corrected chi connectivity index (χ4v) is 3.47. The number of carbonyl (C=O) groups excluding carboxylic acids is 1. The Labute approximate surface area is 117 Å². The van der Waals surface area contributed by atoms with Crippen molar-refractivity contribution >= 4 is 5.91 Å². The highest BCUT2D eigenvalue weighted by Gasteiger charge is 2.48. The van der Waals surface area contributed by atoms with Crippen molar-refractivity contribution in [3.63, 3.8) is 0 Å². The van der Waals surface area contributed by atoms with Crippen LogP contribution in [-0.2, 0) is 4.79 Å². The van der Waals surface area contributed by atoms with Gasteiger partial charge in [-0.1, -0.05) is 6.92 Å². The van der Waals surface area contributed by atoms with Crippen LogP contribution < -0.4 is 11.1 Å². The van der Waals surface area contributed by atoms with E-state index in [1.165, 1.54) is 12.8 Å². The van der Waals surface area contributed by atoms with E-state index in [-0.39, 0.29) is 5.91 Å². The van der Waals surface area contributed by atoms with Crippen LogP contribution in [0.15, 0.2) is 0 Å². The van der Waals surface area contributed by atoms with Crippen LogP contribution in [0.25, 0.3) is 0 Å². The van der Waals surface area contributed by atoms with Crippen LogP contribution in [0.5, 0.6) is 0 Å². The Morgan fingerprint density at radius 3 is 2.58 bits per heavy atom. The third-order valence-electron chi connectivity index (χ3n) is 4.63. The molecule has 2 aliphatic carbocycles. The summed E-state index contributed by atoms with van der Waals surface area (Å²) in [5.74, 6) is -0.151. The highest BCUT2D eigenvalue weighted by Crippen LogP contribution is 2.36. The first-order valence-electron chi connectivity index (χ1n) is 7.82. The van der Waals surface area contributed by atoms with E-state index in [0.717, 1.165) is 32.2 Å². The predicted molar refractivity (Wildman–Crippen MR) is 77.9 cm³/mol. The van der Waals surface area contributed by atoms with Crippen LogP contribution in [0.4, 0.5) is 0 Å². The second kappa shape index (κ2) is 5.80. The molecule has 2 fully saturated rings. The van der Waals surface area contributed by atoms with Gasteiger partial charge in [-0.05, 0) is 58.9 Å². The fraction of sp³-hybridized carbons (Fsp3) is 0.933. The Morgan fingerprint density at radius 1 is 1.42 bits per heavy atom. The Bertz CT molecular complexity index is 327. The lowest BCUT2D eigenvalue weighted by Gasteiger charge is -2.34. The third-order valence-corrected chi connectivity index (χ3v) is 4.63. The molecule has 2 rings (SSSR count). The van der Waals surface area contributed by atoms with Crippen molar-refractivity contribution in [2.45, 2.75) is 83.0 Å². The van der Waals surface area contributed by atoms with Crippen molar-refractivity contribution in [1.82, 2.24) is 10.2 Å². The molecule has 0 saturated heterocycles. The summed E-state index contributed by atoms with van der Waals surface area (Å²) in [6.07, 6.45) is 6.42. The molecular weight excluding hydrogens is 238 g/mol. The largest absolute Gasteiger partial charge is 0.368 e. The second-order valence-electron chi connectivity index (χ2n) is 6.59. The normalized spacial score (nSPS) is 31.3. The maximum Gasteiger partial charge on any atom is 0.237 e. The number of primary amides is 1. The highest BCUT2D eigenvalue weighted by atomic mass is 16.1. The average molecular weight is 267 g/mol. The summed E-state index contributed by atoms with van der Waals surface area (Å²) in [4.78, 5) is 14.5. The lowest BCUT2D eigenvalue weighted by molar-refractivity contribution is -0.124. The SMILES string of the molecule is CCCN(C(C)C)C1CCC(NC2CC2)(C(N)=O)C1. The van der Waals surface area contributed by atoms with E-state index in [1.54, 1.807) is 0 Å². The molecule has 0 bridgehead atoms. The quantitative estimate of drug-likeness (QED) is 0.737. The van der Waals surface area contributed by atoms with Gasteiger partial charge in [-0.25, -0.2) is 0 Å². The monoisotopic (exact) mass is 267 g/mol. The Morgan fingerprint density at radius 2 is 2.11 bits per heavy atom. The van der Waals surface area contributed by atoms with E-state index < -0.39 is 5.54 Å². The molecule has 2 aliphatic rings. The minimum absolute atomic E-state index is 0.151. The minimum atomic E-state index is -0.438. The molecule has 0 heterocycles. The molecule has 2 saturated carbocycles. The molecule has 110 valence electrons. The summed E-state index contributed by atoms with van der Waals surface area (Å²) in [6.45, 7) is 7.82. The number of hydrogen-bond acceptors (Lipinski definition) is 3. The molecule has 4 heteroatoms. The third kappa shape index (κ3) is 3.29. The number of rotatable bonds is 7. The van der Waals surface area contributed by atoms with Crippen LogP contribution in [0, 0.1) is 0 Å². The van der Waals surface area contributed by atoms with Gasteiger partial charge in [0.2, 0.25) is 5.91 Å². The number of nitrogens with two attached hydrogens (primary N) is 1. The predicted octanol–water partition coefficient (Wildman–Crippen LogP) is 1.64. The van der Waals surface area contributed by atoms with E-state index in [9.17, 15) is 4.79 Å². The van der Waals surface area contributed by atoms with Gasteiger partial charge in [-0.15, -0.1) is 0 Å². The molecular formula is C15H29N3O. The zero-order valence-electron chi connectivity index (χ0n) is 12.6. The van der Waals surface area contributed by atoms with Gasteiger partial charge in [0.1, 0.15) is 0 Å². The van der Waals surface area contributed by atoms with Crippen molar-refractivity contribution < 1.29 is 4.79 Å². The van der Waals surface area contributed by atoms with E-state index in [0.29, 0.717) is 18.1 Å². The molecule has 1 amide bonds. The summed E-state index contributed by atoms with van der Waals surface area (Å²) in [7, 11) is 0.